The SMILES string of the molecule is O=C=NC1(c2ccc(O)cc2C=O)CCCC1. The Hall–Kier alpha value is -1.93. The molecule has 1 saturated carbocycles. The summed E-state index contributed by atoms with van der Waals surface area (Å²) in [5.41, 5.74) is 0.489. The number of aliphatic imine (C=N–C) groups is 1. The van der Waals surface area contributed by atoms with Crippen molar-refractivity contribution in [2.24, 2.45) is 4.99 Å². The Bertz CT molecular complexity index is 483. The van der Waals surface area contributed by atoms with Gasteiger partial charge in [0.05, 0.1) is 5.54 Å². The molecule has 1 aromatic rings. The largest absolute Gasteiger partial charge is 0.508 e. The van der Waals surface area contributed by atoms with Crippen molar-refractivity contribution in [1.29, 1.82) is 0 Å². The van der Waals surface area contributed by atoms with Gasteiger partial charge in [-0.15, -0.1) is 0 Å². The molecule has 2 rings (SSSR count). The molecule has 1 fully saturated rings. The van der Waals surface area contributed by atoms with Crippen molar-refractivity contribution in [3.8, 4) is 5.75 Å². The van der Waals surface area contributed by atoms with E-state index in [0.717, 1.165) is 25.7 Å². The van der Waals surface area contributed by atoms with E-state index in [0.29, 0.717) is 17.4 Å². The summed E-state index contributed by atoms with van der Waals surface area (Å²) >= 11 is 0. The van der Waals surface area contributed by atoms with Gasteiger partial charge >= 0.3 is 0 Å². The predicted octanol–water partition coefficient (Wildman–Crippen LogP) is 2.31. The lowest BCUT2D eigenvalue weighted by molar-refractivity contribution is 0.112. The summed E-state index contributed by atoms with van der Waals surface area (Å²) in [7, 11) is 0. The summed E-state index contributed by atoms with van der Waals surface area (Å²) in [4.78, 5) is 25.5. The van der Waals surface area contributed by atoms with E-state index in [1.54, 1.807) is 12.1 Å². The van der Waals surface area contributed by atoms with Crippen LogP contribution in [0, 0.1) is 0 Å². The summed E-state index contributed by atoms with van der Waals surface area (Å²) in [6.07, 6.45) is 5.74. The lowest BCUT2D eigenvalue weighted by Gasteiger charge is -2.24. The molecule has 1 aliphatic carbocycles. The number of phenolic OH excluding ortho intramolecular Hbond substituents is 1. The number of nitrogens with zero attached hydrogens (tertiary/aromatic N) is 1. The third-order valence-corrected chi connectivity index (χ3v) is 3.35. The molecular weight excluding hydrogens is 218 g/mol. The summed E-state index contributed by atoms with van der Waals surface area (Å²) in [5.74, 6) is 0.0408. The van der Waals surface area contributed by atoms with Gasteiger partial charge in [-0.1, -0.05) is 18.9 Å². The van der Waals surface area contributed by atoms with Gasteiger partial charge in [-0.25, -0.2) is 4.79 Å². The van der Waals surface area contributed by atoms with Crippen LogP contribution < -0.4 is 0 Å². The van der Waals surface area contributed by atoms with E-state index in [4.69, 9.17) is 0 Å². The molecule has 1 N–H and O–H groups in total. The highest BCUT2D eigenvalue weighted by atomic mass is 16.3. The minimum absolute atomic E-state index is 0.0408. The normalized spacial score (nSPS) is 17.4. The molecule has 1 aliphatic rings. The molecule has 0 spiro atoms. The first-order valence-electron chi connectivity index (χ1n) is 5.59. The number of carbonyl (C=O) groups excluding carboxylic acids is 2. The molecule has 0 heterocycles. The number of hydrogen-bond acceptors (Lipinski definition) is 4. The lowest BCUT2D eigenvalue weighted by atomic mass is 9.86. The second-order valence-corrected chi connectivity index (χ2v) is 4.33. The zero-order chi connectivity index (χ0) is 12.3. The van der Waals surface area contributed by atoms with Gasteiger partial charge in [0.1, 0.15) is 5.75 Å². The van der Waals surface area contributed by atoms with Crippen molar-refractivity contribution >= 4 is 12.4 Å². The first-order valence-corrected chi connectivity index (χ1v) is 5.59. The summed E-state index contributed by atoms with van der Waals surface area (Å²) in [5, 5.41) is 9.36. The maximum absolute atomic E-state index is 11.0. The zero-order valence-corrected chi connectivity index (χ0v) is 9.35. The van der Waals surface area contributed by atoms with Gasteiger partial charge in [0.15, 0.2) is 6.29 Å². The van der Waals surface area contributed by atoms with Crippen LogP contribution in [0.25, 0.3) is 0 Å². The number of hydrogen-bond donors (Lipinski definition) is 1. The number of isocyanates is 1. The summed E-state index contributed by atoms with van der Waals surface area (Å²) < 4.78 is 0. The highest BCUT2D eigenvalue weighted by Crippen LogP contribution is 2.43. The van der Waals surface area contributed by atoms with Gasteiger partial charge in [0, 0.05) is 5.56 Å². The Morgan fingerprint density at radius 3 is 2.65 bits per heavy atom. The van der Waals surface area contributed by atoms with Gasteiger partial charge in [0.25, 0.3) is 0 Å². The molecule has 1 aromatic carbocycles. The van der Waals surface area contributed by atoms with Crippen molar-refractivity contribution in [3.63, 3.8) is 0 Å². The van der Waals surface area contributed by atoms with Gasteiger partial charge in [-0.2, -0.15) is 4.99 Å². The highest BCUT2D eigenvalue weighted by molar-refractivity contribution is 5.79. The minimum atomic E-state index is -0.619. The molecule has 0 saturated heterocycles. The monoisotopic (exact) mass is 231 g/mol. The average Bonchev–Trinajstić information content (AvgIpc) is 2.79. The number of rotatable bonds is 3. The fourth-order valence-corrected chi connectivity index (χ4v) is 2.56. The van der Waals surface area contributed by atoms with Gasteiger partial charge < -0.3 is 5.11 Å². The zero-order valence-electron chi connectivity index (χ0n) is 9.35. The van der Waals surface area contributed by atoms with Crippen molar-refractivity contribution in [1.82, 2.24) is 0 Å². The van der Waals surface area contributed by atoms with Crippen LogP contribution in [-0.4, -0.2) is 17.5 Å². The van der Waals surface area contributed by atoms with Crippen molar-refractivity contribution in [2.75, 3.05) is 0 Å². The summed E-state index contributed by atoms with van der Waals surface area (Å²) in [6.45, 7) is 0. The Balaban J connectivity index is 2.57. The van der Waals surface area contributed by atoms with Crippen LogP contribution in [0.3, 0.4) is 0 Å². The van der Waals surface area contributed by atoms with Crippen LogP contribution in [0.1, 0.15) is 41.6 Å². The van der Waals surface area contributed by atoms with Crippen LogP contribution in [0.5, 0.6) is 5.75 Å². The first-order chi connectivity index (χ1) is 8.22. The number of phenols is 1. The summed E-state index contributed by atoms with van der Waals surface area (Å²) in [6, 6.07) is 4.59. The molecule has 0 atom stereocenters. The number of carbonyl (C=O) groups is 1. The number of benzene rings is 1. The molecule has 0 bridgehead atoms. The fourth-order valence-electron chi connectivity index (χ4n) is 2.56. The van der Waals surface area contributed by atoms with Crippen LogP contribution in [0.15, 0.2) is 23.2 Å². The smallest absolute Gasteiger partial charge is 0.235 e. The van der Waals surface area contributed by atoms with Gasteiger partial charge in [-0.05, 0) is 30.5 Å². The van der Waals surface area contributed by atoms with Crippen LogP contribution in [-0.2, 0) is 10.3 Å². The molecular formula is C13H13NO3. The van der Waals surface area contributed by atoms with E-state index in [9.17, 15) is 14.7 Å². The van der Waals surface area contributed by atoms with E-state index in [1.807, 2.05) is 0 Å². The fraction of sp³-hybridized carbons (Fsp3) is 0.385. The van der Waals surface area contributed by atoms with Crippen LogP contribution in [0.4, 0.5) is 0 Å². The molecule has 88 valence electrons. The van der Waals surface area contributed by atoms with Crippen molar-refractivity contribution < 1.29 is 14.7 Å². The highest BCUT2D eigenvalue weighted by Gasteiger charge is 2.37. The lowest BCUT2D eigenvalue weighted by Crippen LogP contribution is -2.20. The maximum Gasteiger partial charge on any atom is 0.235 e. The van der Waals surface area contributed by atoms with Crippen molar-refractivity contribution in [3.05, 3.63) is 29.3 Å². The van der Waals surface area contributed by atoms with Gasteiger partial charge in [-0.3, -0.25) is 4.79 Å². The molecule has 0 unspecified atom stereocenters. The second kappa shape index (κ2) is 4.52. The van der Waals surface area contributed by atoms with Crippen molar-refractivity contribution in [2.45, 2.75) is 31.2 Å². The molecule has 0 aromatic heterocycles. The molecule has 4 heteroatoms. The standard InChI is InChI=1S/C13H13NO3/c15-8-10-7-11(17)3-4-12(10)13(14-9-16)5-1-2-6-13/h3-4,7-8,17H,1-2,5-6H2. The quantitative estimate of drug-likeness (QED) is 0.493. The Kier molecular flexibility index (Phi) is 3.07. The second-order valence-electron chi connectivity index (χ2n) is 4.33. The van der Waals surface area contributed by atoms with E-state index in [2.05, 4.69) is 4.99 Å². The van der Waals surface area contributed by atoms with E-state index in [1.165, 1.54) is 12.1 Å². The Morgan fingerprint density at radius 1 is 1.35 bits per heavy atom. The van der Waals surface area contributed by atoms with E-state index in [-0.39, 0.29) is 5.75 Å². The average molecular weight is 231 g/mol. The Labute approximate surface area is 99.0 Å². The topological polar surface area (TPSA) is 66.7 Å². The number of aldehydes is 1. The molecule has 0 radical (unpaired) electrons. The van der Waals surface area contributed by atoms with E-state index < -0.39 is 5.54 Å². The predicted molar refractivity (Wildman–Crippen MR) is 61.8 cm³/mol. The third kappa shape index (κ3) is 1.99. The third-order valence-electron chi connectivity index (χ3n) is 3.35. The maximum atomic E-state index is 11.0. The minimum Gasteiger partial charge on any atom is -0.508 e. The first kappa shape index (κ1) is 11.6. The molecule has 0 aliphatic heterocycles. The number of aromatic hydroxyl groups is 1. The van der Waals surface area contributed by atoms with Crippen LogP contribution >= 0.6 is 0 Å². The van der Waals surface area contributed by atoms with Gasteiger partial charge in [0.2, 0.25) is 6.08 Å². The molecule has 17 heavy (non-hydrogen) atoms. The molecule has 0 amide bonds. The Morgan fingerprint density at radius 2 is 2.06 bits per heavy atom. The van der Waals surface area contributed by atoms with E-state index >= 15 is 0 Å². The molecule has 4 nitrogen and oxygen atoms in total. The van der Waals surface area contributed by atoms with Crippen LogP contribution in [0.2, 0.25) is 0 Å².